The molecule has 0 unspecified atom stereocenters. The first-order valence-electron chi connectivity index (χ1n) is 13.4. The average molecular weight is 479 g/mol. The summed E-state index contributed by atoms with van der Waals surface area (Å²) < 4.78 is 0. The van der Waals surface area contributed by atoms with Gasteiger partial charge in [0.25, 0.3) is 0 Å². The lowest BCUT2D eigenvalue weighted by Crippen LogP contribution is -2.74. The van der Waals surface area contributed by atoms with E-state index in [4.69, 9.17) is 0 Å². The molecule has 0 aliphatic rings. The van der Waals surface area contributed by atoms with Gasteiger partial charge in [-0.3, -0.25) is 0 Å². The summed E-state index contributed by atoms with van der Waals surface area (Å²) in [7, 11) is 0.439. The molecule has 2 heteroatoms. The van der Waals surface area contributed by atoms with Gasteiger partial charge < -0.3 is 0 Å². The Labute approximate surface area is 215 Å². The van der Waals surface area contributed by atoms with E-state index in [1.54, 1.807) is 0 Å². The van der Waals surface area contributed by atoms with Gasteiger partial charge in [-0.05, 0) is 18.5 Å². The molecule has 4 rings (SSSR count). The Balaban J connectivity index is 0.000000292. The van der Waals surface area contributed by atoms with Crippen molar-refractivity contribution in [1.29, 1.82) is 0 Å². The molecule has 4 aromatic rings. The smallest absolute Gasteiger partial charge is 0.108 e. The molecule has 0 aliphatic carbocycles. The third-order valence-electron chi connectivity index (χ3n) is 6.82. The maximum absolute atomic E-state index is 2.31. The van der Waals surface area contributed by atoms with Crippen LogP contribution in [-0.4, -0.2) is 24.6 Å². The van der Waals surface area contributed by atoms with Gasteiger partial charge in [0.2, 0.25) is 0 Å². The lowest BCUT2D eigenvalue weighted by atomic mass is 9.13. The molecule has 4 aromatic carbocycles. The molecule has 0 atom stereocenters. The van der Waals surface area contributed by atoms with E-state index < -0.39 is 6.15 Å². The van der Waals surface area contributed by atoms with Gasteiger partial charge in [0.05, 0.1) is 0 Å². The Hall–Kier alpha value is -2.63. The van der Waals surface area contributed by atoms with E-state index in [1.165, 1.54) is 59.6 Å². The molecule has 0 saturated heterocycles. The summed E-state index contributed by atoms with van der Waals surface area (Å²) in [5, 5.41) is 0. The topological polar surface area (TPSA) is 0 Å². The highest BCUT2D eigenvalue weighted by Crippen LogP contribution is 2.37. The van der Waals surface area contributed by atoms with Crippen molar-refractivity contribution < 1.29 is 0 Å². The molecule has 0 radical (unpaired) electrons. The SMILES string of the molecule is CCCP(CCC)CCC.c1ccc([B-](c2ccccc2)(c2ccccc2)c2ccccc2)cc1. The largest absolute Gasteiger partial charge is 0.195 e. The van der Waals surface area contributed by atoms with Crippen molar-refractivity contribution in [3.8, 4) is 0 Å². The van der Waals surface area contributed by atoms with Gasteiger partial charge in [0.1, 0.15) is 6.15 Å². The number of rotatable bonds is 10. The summed E-state index contributed by atoms with van der Waals surface area (Å²) in [6, 6.07) is 43.5. The van der Waals surface area contributed by atoms with Crippen LogP contribution in [0.25, 0.3) is 0 Å². The second kappa shape index (κ2) is 14.7. The van der Waals surface area contributed by atoms with Gasteiger partial charge in [-0.15, -0.1) is 7.92 Å². The predicted octanol–water partition coefficient (Wildman–Crippen LogP) is 6.76. The summed E-state index contributed by atoms with van der Waals surface area (Å²) in [5.74, 6) is 0. The molecule has 0 fully saturated rings. The molecule has 0 bridgehead atoms. The van der Waals surface area contributed by atoms with Crippen LogP contribution in [0, 0.1) is 0 Å². The standard InChI is InChI=1S/C24H20B.C9H21P/c1-5-13-21(14-6-1)25(22-15-7-2-8-16-22,23-17-9-3-10-18-23)24-19-11-4-12-20-24;1-4-7-10(8-5-2)9-6-3/h1-20H;4-9H2,1-3H3/q-1;. The molecular formula is C33H41BP-. The second-order valence-electron chi connectivity index (χ2n) is 9.35. The van der Waals surface area contributed by atoms with E-state index in [0.717, 1.165) is 0 Å². The Bertz CT molecular complexity index is 887. The molecule has 0 heterocycles. The van der Waals surface area contributed by atoms with Crippen LogP contribution in [0.3, 0.4) is 0 Å². The predicted molar refractivity (Wildman–Crippen MR) is 162 cm³/mol. The highest BCUT2D eigenvalue weighted by atomic mass is 31.1. The van der Waals surface area contributed by atoms with Gasteiger partial charge in [-0.25, -0.2) is 0 Å². The van der Waals surface area contributed by atoms with E-state index in [9.17, 15) is 0 Å². The zero-order chi connectivity index (χ0) is 24.8. The molecule has 0 aliphatic heterocycles. The first-order chi connectivity index (χ1) is 17.3. The van der Waals surface area contributed by atoms with Gasteiger partial charge in [-0.1, -0.05) is 161 Å². The van der Waals surface area contributed by atoms with Crippen LogP contribution in [0.1, 0.15) is 40.0 Å². The van der Waals surface area contributed by atoms with Crippen LogP contribution in [0.2, 0.25) is 0 Å². The first kappa shape index (κ1) is 27.0. The van der Waals surface area contributed by atoms with Gasteiger partial charge in [-0.2, -0.15) is 21.9 Å². The maximum atomic E-state index is 2.31. The summed E-state index contributed by atoms with van der Waals surface area (Å²) in [5.41, 5.74) is 5.36. The van der Waals surface area contributed by atoms with Crippen LogP contribution in [-0.2, 0) is 0 Å². The van der Waals surface area contributed by atoms with Crippen LogP contribution in [0.15, 0.2) is 121 Å². The monoisotopic (exact) mass is 479 g/mol. The summed E-state index contributed by atoms with van der Waals surface area (Å²) in [6.07, 6.45) is 7.50. The lowest BCUT2D eigenvalue weighted by Gasteiger charge is -2.44. The van der Waals surface area contributed by atoms with Gasteiger partial charge in [0, 0.05) is 0 Å². The number of hydrogen-bond acceptors (Lipinski definition) is 0. The molecule has 0 aromatic heterocycles. The highest BCUT2D eigenvalue weighted by molar-refractivity contribution is 7.57. The molecule has 0 saturated carbocycles. The first-order valence-corrected chi connectivity index (χ1v) is 15.3. The molecule has 0 spiro atoms. The van der Waals surface area contributed by atoms with Crippen molar-refractivity contribution in [2.45, 2.75) is 40.0 Å². The minimum absolute atomic E-state index is 0.439. The molecular weight excluding hydrogens is 438 g/mol. The molecule has 0 nitrogen and oxygen atoms in total. The molecule has 182 valence electrons. The van der Waals surface area contributed by atoms with Crippen molar-refractivity contribution in [3.63, 3.8) is 0 Å². The van der Waals surface area contributed by atoms with E-state index in [0.29, 0.717) is 7.92 Å². The van der Waals surface area contributed by atoms with E-state index in [1.807, 2.05) is 0 Å². The minimum Gasteiger partial charge on any atom is -0.195 e. The third kappa shape index (κ3) is 6.96. The summed E-state index contributed by atoms with van der Waals surface area (Å²) in [6.45, 7) is 6.92. The maximum Gasteiger partial charge on any atom is 0.108 e. The Kier molecular flexibility index (Phi) is 11.3. The Morgan fingerprint density at radius 3 is 0.829 bits per heavy atom. The Morgan fingerprint density at radius 1 is 0.400 bits per heavy atom. The van der Waals surface area contributed by atoms with Crippen molar-refractivity contribution >= 4 is 35.9 Å². The highest BCUT2D eigenvalue weighted by Gasteiger charge is 2.30. The fourth-order valence-corrected chi connectivity index (χ4v) is 7.97. The normalized spacial score (nSPS) is 11.1. The van der Waals surface area contributed by atoms with Gasteiger partial charge >= 0.3 is 0 Å². The fourth-order valence-electron chi connectivity index (χ4n) is 5.41. The van der Waals surface area contributed by atoms with Crippen molar-refractivity contribution in [3.05, 3.63) is 121 Å². The van der Waals surface area contributed by atoms with E-state index >= 15 is 0 Å². The molecule has 0 N–H and O–H groups in total. The lowest BCUT2D eigenvalue weighted by molar-refractivity contribution is 1.02. The van der Waals surface area contributed by atoms with Crippen LogP contribution >= 0.6 is 7.92 Å². The molecule has 0 amide bonds. The van der Waals surface area contributed by atoms with Crippen molar-refractivity contribution in [2.24, 2.45) is 0 Å². The van der Waals surface area contributed by atoms with Crippen LogP contribution in [0.5, 0.6) is 0 Å². The number of benzene rings is 4. The van der Waals surface area contributed by atoms with E-state index in [-0.39, 0.29) is 0 Å². The molecule has 35 heavy (non-hydrogen) atoms. The van der Waals surface area contributed by atoms with Crippen molar-refractivity contribution in [2.75, 3.05) is 18.5 Å². The van der Waals surface area contributed by atoms with Gasteiger partial charge in [0.15, 0.2) is 0 Å². The third-order valence-corrected chi connectivity index (χ3v) is 10.1. The van der Waals surface area contributed by atoms with Crippen LogP contribution in [0.4, 0.5) is 0 Å². The quantitative estimate of drug-likeness (QED) is 0.174. The average Bonchev–Trinajstić information content (AvgIpc) is 2.93. The Morgan fingerprint density at radius 2 is 0.629 bits per heavy atom. The zero-order valence-electron chi connectivity index (χ0n) is 21.8. The minimum atomic E-state index is -1.22. The fraction of sp³-hybridized carbons (Fsp3) is 0.273. The van der Waals surface area contributed by atoms with Crippen molar-refractivity contribution in [1.82, 2.24) is 0 Å². The van der Waals surface area contributed by atoms with Crippen LogP contribution < -0.4 is 21.9 Å². The summed E-state index contributed by atoms with van der Waals surface area (Å²) >= 11 is 0. The zero-order valence-corrected chi connectivity index (χ0v) is 22.7. The summed E-state index contributed by atoms with van der Waals surface area (Å²) in [4.78, 5) is 0. The van der Waals surface area contributed by atoms with E-state index in [2.05, 4.69) is 142 Å². The second-order valence-corrected chi connectivity index (χ2v) is 12.0. The number of hydrogen-bond donors (Lipinski definition) is 0.